The number of likely N-dealkylation sites (N-methyl/N-ethyl adjacent to an activating group) is 1. The molecule has 7 heteroatoms. The lowest BCUT2D eigenvalue weighted by Crippen LogP contribution is -2.61. The van der Waals surface area contributed by atoms with Crippen LogP contribution >= 0.6 is 11.6 Å². The molecule has 1 aliphatic rings. The molecule has 0 saturated carbocycles. The van der Waals surface area contributed by atoms with Crippen LogP contribution in [0.3, 0.4) is 0 Å². The van der Waals surface area contributed by atoms with Crippen LogP contribution < -0.4 is 5.73 Å². The van der Waals surface area contributed by atoms with E-state index in [1.165, 1.54) is 11.0 Å². The summed E-state index contributed by atoms with van der Waals surface area (Å²) < 4.78 is 14.0. The van der Waals surface area contributed by atoms with Crippen LogP contribution in [0, 0.1) is 12.7 Å². The summed E-state index contributed by atoms with van der Waals surface area (Å²) >= 11 is 6.14. The Morgan fingerprint density at radius 2 is 2.09 bits per heavy atom. The molecule has 5 nitrogen and oxygen atoms in total. The second kappa shape index (κ2) is 7.13. The van der Waals surface area contributed by atoms with E-state index in [4.69, 9.17) is 22.2 Å². The summed E-state index contributed by atoms with van der Waals surface area (Å²) in [7, 11) is 3.27. The summed E-state index contributed by atoms with van der Waals surface area (Å²) in [5.74, 6) is -0.715. The first-order valence-corrected chi connectivity index (χ1v) is 7.94. The van der Waals surface area contributed by atoms with Gasteiger partial charge in [-0.2, -0.15) is 5.06 Å². The maximum absolute atomic E-state index is 14.0. The zero-order valence-corrected chi connectivity index (χ0v) is 14.5. The fourth-order valence-electron chi connectivity index (χ4n) is 2.79. The number of rotatable bonds is 4. The summed E-state index contributed by atoms with van der Waals surface area (Å²) in [6, 6.07) is 2.93. The third-order valence-electron chi connectivity index (χ3n) is 4.60. The number of hydrogen-bond acceptors (Lipinski definition) is 4. The molecule has 0 aromatic heterocycles. The van der Waals surface area contributed by atoms with Gasteiger partial charge in [0.1, 0.15) is 5.82 Å². The van der Waals surface area contributed by atoms with Gasteiger partial charge in [0, 0.05) is 25.7 Å². The molecule has 1 aliphatic heterocycles. The van der Waals surface area contributed by atoms with Crippen molar-refractivity contribution in [3.05, 3.63) is 34.1 Å². The molecule has 1 aromatic carbocycles. The molecule has 0 atom stereocenters. The van der Waals surface area contributed by atoms with E-state index in [1.54, 1.807) is 32.2 Å². The minimum Gasteiger partial charge on any atom is -0.327 e. The van der Waals surface area contributed by atoms with E-state index in [-0.39, 0.29) is 17.9 Å². The predicted octanol–water partition coefficient (Wildman–Crippen LogP) is 2.10. The molecule has 0 radical (unpaired) electrons. The van der Waals surface area contributed by atoms with Crippen molar-refractivity contribution < 1.29 is 14.0 Å². The Morgan fingerprint density at radius 3 is 2.65 bits per heavy atom. The third kappa shape index (κ3) is 3.83. The van der Waals surface area contributed by atoms with Crippen LogP contribution in [-0.2, 0) is 16.1 Å². The number of nitrogens with zero attached hydrogens (tertiary/aromatic N) is 2. The topological polar surface area (TPSA) is 58.8 Å². The second-order valence-electron chi connectivity index (χ2n) is 6.00. The third-order valence-corrected chi connectivity index (χ3v) is 5.12. The van der Waals surface area contributed by atoms with Crippen molar-refractivity contribution >= 4 is 17.5 Å². The molecule has 0 aliphatic carbocycles. The molecule has 0 unspecified atom stereocenters. The van der Waals surface area contributed by atoms with Crippen LogP contribution in [0.25, 0.3) is 0 Å². The van der Waals surface area contributed by atoms with Crippen molar-refractivity contribution in [2.45, 2.75) is 31.8 Å². The molecule has 1 heterocycles. The van der Waals surface area contributed by atoms with Gasteiger partial charge in [0.05, 0.1) is 24.2 Å². The van der Waals surface area contributed by atoms with Crippen LogP contribution in [0.4, 0.5) is 4.39 Å². The van der Waals surface area contributed by atoms with Gasteiger partial charge in [0.25, 0.3) is 0 Å². The normalized spacial score (nSPS) is 18.0. The molecule has 1 amide bonds. The Balaban J connectivity index is 2.11. The Morgan fingerprint density at radius 1 is 1.48 bits per heavy atom. The van der Waals surface area contributed by atoms with Crippen LogP contribution in [0.5, 0.6) is 0 Å². The first-order chi connectivity index (χ1) is 10.8. The summed E-state index contributed by atoms with van der Waals surface area (Å²) in [5, 5.41) is 2.10. The van der Waals surface area contributed by atoms with Crippen molar-refractivity contribution in [2.24, 2.45) is 5.73 Å². The molecule has 128 valence electrons. The average Bonchev–Trinajstić information content (AvgIpc) is 2.55. The van der Waals surface area contributed by atoms with E-state index in [9.17, 15) is 9.18 Å². The van der Waals surface area contributed by atoms with Gasteiger partial charge >= 0.3 is 0 Å². The molecular formula is C16H23ClFN3O2. The molecule has 23 heavy (non-hydrogen) atoms. The smallest absolute Gasteiger partial charge is 0.228 e. The zero-order valence-electron chi connectivity index (χ0n) is 13.7. The lowest BCUT2D eigenvalue weighted by atomic mass is 9.96. The quantitative estimate of drug-likeness (QED) is 0.851. The van der Waals surface area contributed by atoms with Crippen molar-refractivity contribution in [2.75, 3.05) is 27.2 Å². The van der Waals surface area contributed by atoms with Crippen LogP contribution in [0.1, 0.15) is 24.0 Å². The Kier molecular flexibility index (Phi) is 5.62. The van der Waals surface area contributed by atoms with Crippen LogP contribution in [0.2, 0.25) is 5.02 Å². The van der Waals surface area contributed by atoms with Gasteiger partial charge in [0.2, 0.25) is 5.91 Å². The molecule has 1 aromatic rings. The van der Waals surface area contributed by atoms with E-state index in [0.717, 1.165) is 5.56 Å². The number of carbonyl (C=O) groups excluding carboxylic acids is 1. The minimum absolute atomic E-state index is 0.101. The van der Waals surface area contributed by atoms with Crippen molar-refractivity contribution in [3.8, 4) is 0 Å². The number of nitrogens with two attached hydrogens (primary N) is 1. The molecule has 1 saturated heterocycles. The molecule has 2 N–H and O–H groups in total. The highest BCUT2D eigenvalue weighted by Crippen LogP contribution is 2.27. The summed E-state index contributed by atoms with van der Waals surface area (Å²) in [6.07, 6.45) is 1.08. The van der Waals surface area contributed by atoms with Gasteiger partial charge in [-0.15, -0.1) is 0 Å². The van der Waals surface area contributed by atoms with Gasteiger partial charge in [-0.3, -0.25) is 4.79 Å². The summed E-state index contributed by atoms with van der Waals surface area (Å²) in [6.45, 7) is 3.07. The standard InChI is InChI=1S/C16H23ClFN3O2/c1-11-4-5-13(18)12(15(11)17)10-14(22)20(2)16(19)6-8-21(23-3)9-7-16/h4-5H,6-10,19H2,1-3H3. The monoisotopic (exact) mass is 343 g/mol. The van der Waals surface area contributed by atoms with Gasteiger partial charge < -0.3 is 15.5 Å². The van der Waals surface area contributed by atoms with Gasteiger partial charge in [-0.25, -0.2) is 4.39 Å². The highest BCUT2D eigenvalue weighted by atomic mass is 35.5. The fourth-order valence-corrected chi connectivity index (χ4v) is 3.01. The van der Waals surface area contributed by atoms with Crippen LogP contribution in [-0.4, -0.2) is 48.8 Å². The van der Waals surface area contributed by atoms with E-state index in [2.05, 4.69) is 0 Å². The minimum atomic E-state index is -0.751. The molecule has 0 spiro atoms. The molecular weight excluding hydrogens is 321 g/mol. The number of hydrogen-bond donors (Lipinski definition) is 1. The Hall–Kier alpha value is -1.21. The SMILES string of the molecule is CON1CCC(N)(N(C)C(=O)Cc2c(F)ccc(C)c2Cl)CC1. The molecule has 1 fully saturated rings. The predicted molar refractivity (Wildman–Crippen MR) is 87.4 cm³/mol. The highest BCUT2D eigenvalue weighted by Gasteiger charge is 2.37. The highest BCUT2D eigenvalue weighted by molar-refractivity contribution is 6.32. The first kappa shape index (κ1) is 18.1. The second-order valence-corrected chi connectivity index (χ2v) is 6.38. The number of amides is 1. The lowest BCUT2D eigenvalue weighted by Gasteiger charge is -2.44. The van der Waals surface area contributed by atoms with E-state index >= 15 is 0 Å². The van der Waals surface area contributed by atoms with E-state index in [1.807, 2.05) is 0 Å². The number of carbonyl (C=O) groups is 1. The van der Waals surface area contributed by atoms with Crippen molar-refractivity contribution in [3.63, 3.8) is 0 Å². The Labute approximate surface area is 141 Å². The largest absolute Gasteiger partial charge is 0.327 e. The van der Waals surface area contributed by atoms with Crippen molar-refractivity contribution in [1.82, 2.24) is 9.96 Å². The van der Waals surface area contributed by atoms with Gasteiger partial charge in [0.15, 0.2) is 0 Å². The first-order valence-electron chi connectivity index (χ1n) is 7.56. The summed E-state index contributed by atoms with van der Waals surface area (Å²) in [5.41, 5.74) is 6.59. The number of hydroxylamine groups is 2. The fraction of sp³-hybridized carbons (Fsp3) is 0.562. The van der Waals surface area contributed by atoms with Gasteiger partial charge in [-0.1, -0.05) is 17.7 Å². The summed E-state index contributed by atoms with van der Waals surface area (Å²) in [4.78, 5) is 19.2. The Bertz CT molecular complexity index is 589. The molecule has 0 bridgehead atoms. The zero-order chi connectivity index (χ0) is 17.2. The maximum Gasteiger partial charge on any atom is 0.228 e. The average molecular weight is 344 g/mol. The lowest BCUT2D eigenvalue weighted by molar-refractivity contribution is -0.166. The van der Waals surface area contributed by atoms with E-state index < -0.39 is 11.5 Å². The number of halogens is 2. The maximum atomic E-state index is 14.0. The van der Waals surface area contributed by atoms with E-state index in [0.29, 0.717) is 31.0 Å². The number of piperidine rings is 1. The number of benzene rings is 1. The molecule has 2 rings (SSSR count). The van der Waals surface area contributed by atoms with Gasteiger partial charge in [-0.05, 0) is 31.4 Å². The van der Waals surface area contributed by atoms with Crippen molar-refractivity contribution in [1.29, 1.82) is 0 Å². The number of aryl methyl sites for hydroxylation is 1. The van der Waals surface area contributed by atoms with Crippen LogP contribution in [0.15, 0.2) is 12.1 Å².